The lowest BCUT2D eigenvalue weighted by Gasteiger charge is -2.11. The first-order valence-electron chi connectivity index (χ1n) is 7.56. The van der Waals surface area contributed by atoms with E-state index in [1.165, 1.54) is 12.3 Å². The van der Waals surface area contributed by atoms with Crippen LogP contribution in [0.2, 0.25) is 10.0 Å². The maximum Gasteiger partial charge on any atom is 0.274 e. The van der Waals surface area contributed by atoms with Crippen LogP contribution < -0.4 is 15.4 Å². The number of hydrogen-bond acceptors (Lipinski definition) is 5. The van der Waals surface area contributed by atoms with Crippen molar-refractivity contribution in [3.05, 3.63) is 70.5 Å². The van der Waals surface area contributed by atoms with Gasteiger partial charge in [0.25, 0.3) is 5.91 Å². The largest absolute Gasteiger partial charge is 0.495 e. The van der Waals surface area contributed by atoms with Gasteiger partial charge in [-0.3, -0.25) is 4.79 Å². The van der Waals surface area contributed by atoms with Gasteiger partial charge in [0, 0.05) is 11.2 Å². The van der Waals surface area contributed by atoms with Crippen LogP contribution in [-0.2, 0) is 0 Å². The lowest BCUT2D eigenvalue weighted by Crippen LogP contribution is -2.15. The van der Waals surface area contributed by atoms with Crippen molar-refractivity contribution in [2.75, 3.05) is 17.7 Å². The molecule has 0 unspecified atom stereocenters. The molecule has 0 aliphatic rings. The first-order chi connectivity index (χ1) is 12.6. The van der Waals surface area contributed by atoms with E-state index in [9.17, 15) is 4.79 Å². The average Bonchev–Trinajstić information content (AvgIpc) is 2.64. The van der Waals surface area contributed by atoms with Crippen LogP contribution in [0.1, 0.15) is 10.5 Å². The van der Waals surface area contributed by atoms with Gasteiger partial charge >= 0.3 is 0 Å². The van der Waals surface area contributed by atoms with Gasteiger partial charge in [-0.05, 0) is 36.4 Å². The van der Waals surface area contributed by atoms with Gasteiger partial charge in [0.15, 0.2) is 0 Å². The molecule has 0 aliphatic heterocycles. The van der Waals surface area contributed by atoms with Gasteiger partial charge in [0.1, 0.15) is 11.4 Å². The number of benzene rings is 2. The maximum atomic E-state index is 12.4. The fourth-order valence-electron chi connectivity index (χ4n) is 2.19. The van der Waals surface area contributed by atoms with Crippen molar-refractivity contribution in [3.63, 3.8) is 0 Å². The van der Waals surface area contributed by atoms with E-state index in [1.807, 2.05) is 0 Å². The topological polar surface area (TPSA) is 76.1 Å². The lowest BCUT2D eigenvalue weighted by atomic mass is 10.3. The van der Waals surface area contributed by atoms with Crippen LogP contribution in [0.3, 0.4) is 0 Å². The predicted octanol–water partition coefficient (Wildman–Crippen LogP) is 4.79. The Balaban J connectivity index is 1.81. The molecule has 2 aromatic carbocycles. The number of aromatic nitrogens is 2. The van der Waals surface area contributed by atoms with E-state index in [2.05, 4.69) is 20.6 Å². The van der Waals surface area contributed by atoms with Crippen LogP contribution in [0.5, 0.6) is 5.75 Å². The van der Waals surface area contributed by atoms with E-state index >= 15 is 0 Å². The van der Waals surface area contributed by atoms with Crippen LogP contribution in [0.4, 0.5) is 17.3 Å². The summed E-state index contributed by atoms with van der Waals surface area (Å²) in [5.74, 6) is 0.405. The molecule has 0 aliphatic carbocycles. The monoisotopic (exact) mass is 388 g/mol. The summed E-state index contributed by atoms with van der Waals surface area (Å²) >= 11 is 12.1. The van der Waals surface area contributed by atoms with E-state index in [-0.39, 0.29) is 11.6 Å². The third-order valence-electron chi connectivity index (χ3n) is 3.42. The van der Waals surface area contributed by atoms with E-state index in [0.717, 1.165) is 0 Å². The normalized spacial score (nSPS) is 10.3. The number of anilines is 3. The van der Waals surface area contributed by atoms with Crippen LogP contribution in [0, 0.1) is 0 Å². The van der Waals surface area contributed by atoms with Crippen LogP contribution in [0.25, 0.3) is 0 Å². The standard InChI is InChI=1S/C18H14Cl2N4O2/c1-26-16-7-6-11(19)10-15(16)24-18-21-9-8-14(23-18)17(25)22-13-5-3-2-4-12(13)20/h2-10H,1H3,(H,22,25)(H,21,23,24). The number of carbonyl (C=O) groups excluding carboxylic acids is 1. The maximum absolute atomic E-state index is 12.4. The molecule has 132 valence electrons. The first-order valence-corrected chi connectivity index (χ1v) is 8.32. The fraction of sp³-hybridized carbons (Fsp3) is 0.0556. The first kappa shape index (κ1) is 18.0. The van der Waals surface area contributed by atoms with Crippen molar-refractivity contribution < 1.29 is 9.53 Å². The molecular formula is C18H14Cl2N4O2. The number of nitrogens with one attached hydrogen (secondary N) is 2. The lowest BCUT2D eigenvalue weighted by molar-refractivity contribution is 0.102. The molecule has 0 atom stereocenters. The van der Waals surface area contributed by atoms with Crippen molar-refractivity contribution in [3.8, 4) is 5.75 Å². The van der Waals surface area contributed by atoms with E-state index < -0.39 is 5.91 Å². The van der Waals surface area contributed by atoms with Gasteiger partial charge in [0.05, 0.1) is 23.5 Å². The fourth-order valence-corrected chi connectivity index (χ4v) is 2.55. The molecule has 3 rings (SSSR count). The Bertz CT molecular complexity index is 950. The number of rotatable bonds is 5. The summed E-state index contributed by atoms with van der Waals surface area (Å²) in [7, 11) is 1.54. The summed E-state index contributed by atoms with van der Waals surface area (Å²) in [6, 6.07) is 13.6. The molecule has 26 heavy (non-hydrogen) atoms. The van der Waals surface area contributed by atoms with Gasteiger partial charge < -0.3 is 15.4 Å². The molecule has 0 saturated carbocycles. The summed E-state index contributed by atoms with van der Waals surface area (Å²) in [5, 5.41) is 6.68. The second-order valence-corrected chi connectivity index (χ2v) is 6.01. The van der Waals surface area contributed by atoms with E-state index in [4.69, 9.17) is 27.9 Å². The van der Waals surface area contributed by atoms with Gasteiger partial charge in [-0.2, -0.15) is 0 Å². The summed E-state index contributed by atoms with van der Waals surface area (Å²) in [6.45, 7) is 0. The minimum Gasteiger partial charge on any atom is -0.495 e. The molecule has 2 N–H and O–H groups in total. The van der Waals surface area contributed by atoms with Crippen LogP contribution in [-0.4, -0.2) is 23.0 Å². The van der Waals surface area contributed by atoms with Crippen LogP contribution in [0.15, 0.2) is 54.7 Å². The third kappa shape index (κ3) is 4.22. The van der Waals surface area contributed by atoms with Crippen molar-refractivity contribution in [2.24, 2.45) is 0 Å². The van der Waals surface area contributed by atoms with Crippen molar-refractivity contribution in [2.45, 2.75) is 0 Å². The van der Waals surface area contributed by atoms with Crippen molar-refractivity contribution in [1.29, 1.82) is 0 Å². The summed E-state index contributed by atoms with van der Waals surface area (Å²) in [6.07, 6.45) is 1.48. The predicted molar refractivity (Wildman–Crippen MR) is 103 cm³/mol. The molecule has 1 heterocycles. The molecule has 1 amide bonds. The second kappa shape index (κ2) is 8.03. The molecular weight excluding hydrogens is 375 g/mol. The number of hydrogen-bond donors (Lipinski definition) is 2. The Morgan fingerprint density at radius 3 is 2.65 bits per heavy atom. The van der Waals surface area contributed by atoms with Gasteiger partial charge in [-0.1, -0.05) is 35.3 Å². The molecule has 0 spiro atoms. The van der Waals surface area contributed by atoms with Gasteiger partial charge in [0.2, 0.25) is 5.95 Å². The molecule has 3 aromatic rings. The highest BCUT2D eigenvalue weighted by Gasteiger charge is 2.12. The highest BCUT2D eigenvalue weighted by Crippen LogP contribution is 2.29. The highest BCUT2D eigenvalue weighted by atomic mass is 35.5. The van der Waals surface area contributed by atoms with E-state index in [0.29, 0.717) is 27.2 Å². The average molecular weight is 389 g/mol. The second-order valence-electron chi connectivity index (χ2n) is 5.17. The number of amides is 1. The molecule has 1 aromatic heterocycles. The number of halogens is 2. The molecule has 0 radical (unpaired) electrons. The minimum absolute atomic E-state index is 0.184. The summed E-state index contributed by atoms with van der Waals surface area (Å²) < 4.78 is 5.27. The molecule has 0 bridgehead atoms. The Labute approximate surface area is 160 Å². The number of ether oxygens (including phenoxy) is 1. The Morgan fingerprint density at radius 1 is 1.08 bits per heavy atom. The Kier molecular flexibility index (Phi) is 5.55. The number of methoxy groups -OCH3 is 1. The highest BCUT2D eigenvalue weighted by molar-refractivity contribution is 6.33. The summed E-state index contributed by atoms with van der Waals surface area (Å²) in [4.78, 5) is 20.8. The molecule has 0 fully saturated rings. The zero-order chi connectivity index (χ0) is 18.5. The van der Waals surface area contributed by atoms with Gasteiger partial charge in [-0.15, -0.1) is 0 Å². The zero-order valence-corrected chi connectivity index (χ0v) is 15.2. The van der Waals surface area contributed by atoms with Crippen LogP contribution >= 0.6 is 23.2 Å². The van der Waals surface area contributed by atoms with Crippen molar-refractivity contribution in [1.82, 2.24) is 9.97 Å². The SMILES string of the molecule is COc1ccc(Cl)cc1Nc1nccc(C(=O)Nc2ccccc2Cl)n1. The van der Waals surface area contributed by atoms with E-state index in [1.54, 1.807) is 49.6 Å². The molecule has 8 heteroatoms. The number of carbonyl (C=O) groups is 1. The quantitative estimate of drug-likeness (QED) is 0.656. The Morgan fingerprint density at radius 2 is 1.88 bits per heavy atom. The zero-order valence-electron chi connectivity index (χ0n) is 13.7. The third-order valence-corrected chi connectivity index (χ3v) is 3.98. The minimum atomic E-state index is -0.401. The number of para-hydroxylation sites is 1. The molecule has 6 nitrogen and oxygen atoms in total. The number of nitrogens with zero attached hydrogens (tertiary/aromatic N) is 2. The smallest absolute Gasteiger partial charge is 0.274 e. The Hall–Kier alpha value is -2.83. The van der Waals surface area contributed by atoms with Crippen molar-refractivity contribution >= 4 is 46.4 Å². The summed E-state index contributed by atoms with van der Waals surface area (Å²) in [5.41, 5.74) is 1.27. The van der Waals surface area contributed by atoms with Gasteiger partial charge in [-0.25, -0.2) is 9.97 Å². The molecule has 0 saturated heterocycles.